The average molecular weight is 178 g/mol. The van der Waals surface area contributed by atoms with Crippen molar-refractivity contribution in [2.45, 2.75) is 6.92 Å². The predicted molar refractivity (Wildman–Crippen MR) is 50.0 cm³/mol. The highest BCUT2D eigenvalue weighted by atomic mass is 16.1. The zero-order valence-electron chi connectivity index (χ0n) is 7.20. The van der Waals surface area contributed by atoms with E-state index in [0.717, 1.165) is 11.1 Å². The topological polar surface area (TPSA) is 75.9 Å². The van der Waals surface area contributed by atoms with Gasteiger partial charge in [-0.05, 0) is 24.1 Å². The van der Waals surface area contributed by atoms with Gasteiger partial charge in [0.15, 0.2) is 0 Å². The van der Waals surface area contributed by atoms with Crippen LogP contribution in [0.3, 0.4) is 0 Å². The zero-order chi connectivity index (χ0) is 9.84. The number of carbonyl (C=O) groups excluding carboxylic acids is 1. The number of carbonyl (C=O) groups is 1. The molecule has 68 valence electrons. The van der Waals surface area contributed by atoms with Crippen molar-refractivity contribution in [2.75, 3.05) is 0 Å². The maximum Gasteiger partial charge on any atom is 0.248 e. The molecule has 0 spiro atoms. The Morgan fingerprint density at radius 2 is 2.31 bits per heavy atom. The molecule has 0 fully saturated rings. The first-order valence-corrected chi connectivity index (χ1v) is 3.76. The molecular weight excluding hydrogens is 168 g/mol. The first-order valence-electron chi connectivity index (χ1n) is 3.76. The van der Waals surface area contributed by atoms with Gasteiger partial charge >= 0.3 is 0 Å². The van der Waals surface area contributed by atoms with E-state index in [1.54, 1.807) is 13.0 Å². The van der Waals surface area contributed by atoms with Gasteiger partial charge in [0.25, 0.3) is 0 Å². The molecule has 4 heteroatoms. The number of aromatic amines is 1. The number of aryl methyl sites for hydroxylation is 1. The molecule has 1 amide bonds. The van der Waals surface area contributed by atoms with Crippen molar-refractivity contribution in [3.05, 3.63) is 39.8 Å². The molecule has 13 heavy (non-hydrogen) atoms. The van der Waals surface area contributed by atoms with Gasteiger partial charge in [-0.2, -0.15) is 0 Å². The van der Waals surface area contributed by atoms with E-state index in [4.69, 9.17) is 5.73 Å². The molecule has 1 aromatic heterocycles. The van der Waals surface area contributed by atoms with Crippen molar-refractivity contribution in [3.8, 4) is 0 Å². The van der Waals surface area contributed by atoms with Gasteiger partial charge in [0.1, 0.15) is 0 Å². The lowest BCUT2D eigenvalue weighted by Gasteiger charge is -1.96. The van der Waals surface area contributed by atoms with Crippen molar-refractivity contribution in [1.82, 2.24) is 4.98 Å². The van der Waals surface area contributed by atoms with Crippen LogP contribution in [-0.2, 0) is 4.79 Å². The molecule has 0 aliphatic carbocycles. The molecule has 0 aliphatic heterocycles. The van der Waals surface area contributed by atoms with E-state index in [1.807, 2.05) is 0 Å². The van der Waals surface area contributed by atoms with Gasteiger partial charge in [0.05, 0.1) is 0 Å². The molecule has 0 bridgehead atoms. The number of primary amides is 1. The van der Waals surface area contributed by atoms with Gasteiger partial charge in [-0.3, -0.25) is 9.59 Å². The largest absolute Gasteiger partial charge is 0.366 e. The molecule has 1 heterocycles. The number of nitrogens with two attached hydrogens (primary N) is 1. The van der Waals surface area contributed by atoms with Gasteiger partial charge in [0, 0.05) is 18.3 Å². The van der Waals surface area contributed by atoms with Crippen LogP contribution in [0, 0.1) is 6.92 Å². The highest BCUT2D eigenvalue weighted by molar-refractivity contribution is 5.90. The van der Waals surface area contributed by atoms with E-state index in [2.05, 4.69) is 4.98 Å². The second-order valence-corrected chi connectivity index (χ2v) is 2.67. The molecule has 0 unspecified atom stereocenters. The maximum absolute atomic E-state index is 10.8. The van der Waals surface area contributed by atoms with Crippen molar-refractivity contribution < 1.29 is 4.79 Å². The van der Waals surface area contributed by atoms with Crippen LogP contribution in [0.2, 0.25) is 0 Å². The second-order valence-electron chi connectivity index (χ2n) is 2.67. The third-order valence-electron chi connectivity index (χ3n) is 1.60. The fraction of sp³-hybridized carbons (Fsp3) is 0.111. The Hall–Kier alpha value is -1.84. The lowest BCUT2D eigenvalue weighted by molar-refractivity contribution is -0.113. The number of hydrogen-bond acceptors (Lipinski definition) is 2. The van der Waals surface area contributed by atoms with Crippen LogP contribution in [0.15, 0.2) is 23.1 Å². The van der Waals surface area contributed by atoms with Crippen molar-refractivity contribution >= 4 is 12.0 Å². The summed E-state index contributed by atoms with van der Waals surface area (Å²) in [5.41, 5.74) is 6.35. The Balaban J connectivity index is 3.03. The molecule has 3 N–H and O–H groups in total. The zero-order valence-corrected chi connectivity index (χ0v) is 7.20. The monoisotopic (exact) mass is 178 g/mol. The fourth-order valence-electron chi connectivity index (χ4n) is 0.936. The van der Waals surface area contributed by atoms with Crippen LogP contribution in [0.5, 0.6) is 0 Å². The fourth-order valence-corrected chi connectivity index (χ4v) is 0.936. The number of pyridine rings is 1. The Labute approximate surface area is 75.1 Å². The van der Waals surface area contributed by atoms with E-state index < -0.39 is 5.91 Å². The summed E-state index contributed by atoms with van der Waals surface area (Å²) in [7, 11) is 0. The molecule has 0 saturated carbocycles. The Kier molecular flexibility index (Phi) is 2.64. The number of amides is 1. The van der Waals surface area contributed by atoms with E-state index in [0.29, 0.717) is 0 Å². The van der Waals surface area contributed by atoms with Crippen LogP contribution >= 0.6 is 0 Å². The summed E-state index contributed by atoms with van der Waals surface area (Å²) in [6.45, 7) is 1.79. The highest BCUT2D eigenvalue weighted by Gasteiger charge is 1.94. The van der Waals surface area contributed by atoms with Crippen LogP contribution in [-0.4, -0.2) is 10.9 Å². The quantitative estimate of drug-likeness (QED) is 0.634. The van der Waals surface area contributed by atoms with Gasteiger partial charge in [-0.1, -0.05) is 0 Å². The lowest BCUT2D eigenvalue weighted by Crippen LogP contribution is -2.06. The Morgan fingerprint density at radius 3 is 2.85 bits per heavy atom. The minimum atomic E-state index is -0.509. The molecule has 4 nitrogen and oxygen atoms in total. The summed E-state index contributed by atoms with van der Waals surface area (Å²) in [5, 5.41) is 0. The van der Waals surface area contributed by atoms with Crippen LogP contribution in [0.1, 0.15) is 11.1 Å². The van der Waals surface area contributed by atoms with E-state index in [9.17, 15) is 9.59 Å². The second kappa shape index (κ2) is 3.71. The first-order chi connectivity index (χ1) is 6.09. The Bertz CT molecular complexity index is 404. The summed E-state index contributed by atoms with van der Waals surface area (Å²) < 4.78 is 0. The van der Waals surface area contributed by atoms with Gasteiger partial charge in [-0.15, -0.1) is 0 Å². The van der Waals surface area contributed by atoms with Gasteiger partial charge < -0.3 is 10.7 Å². The van der Waals surface area contributed by atoms with Gasteiger partial charge in [0.2, 0.25) is 11.5 Å². The minimum Gasteiger partial charge on any atom is -0.366 e. The highest BCUT2D eigenvalue weighted by Crippen LogP contribution is 2.04. The summed E-state index contributed by atoms with van der Waals surface area (Å²) in [6.07, 6.45) is 4.35. The number of nitrogens with one attached hydrogen (secondary N) is 1. The molecule has 0 atom stereocenters. The number of hydrogen-bond donors (Lipinski definition) is 2. The molecule has 0 aliphatic rings. The van der Waals surface area contributed by atoms with Crippen molar-refractivity contribution in [3.63, 3.8) is 0 Å². The third kappa shape index (κ3) is 2.59. The summed E-state index contributed by atoms with van der Waals surface area (Å²) in [5.74, 6) is -0.509. The summed E-state index contributed by atoms with van der Waals surface area (Å²) in [4.78, 5) is 23.7. The van der Waals surface area contributed by atoms with Crippen LogP contribution in [0.25, 0.3) is 6.08 Å². The standard InChI is InChI=1S/C9H10N2O2/c1-6-4-9(13)11-5-7(6)2-3-8(10)12/h2-5H,1H3,(H2,10,12)(H,11,13). The molecule has 0 saturated heterocycles. The predicted octanol–water partition coefficient (Wildman–Crippen LogP) is 0.182. The average Bonchev–Trinajstić information content (AvgIpc) is 2.02. The maximum atomic E-state index is 10.8. The van der Waals surface area contributed by atoms with Crippen molar-refractivity contribution in [2.24, 2.45) is 5.73 Å². The molecule has 1 aromatic rings. The number of H-pyrrole nitrogens is 1. The normalized spacial score (nSPS) is 10.5. The van der Waals surface area contributed by atoms with Crippen LogP contribution < -0.4 is 11.3 Å². The van der Waals surface area contributed by atoms with Gasteiger partial charge in [-0.25, -0.2) is 0 Å². The Morgan fingerprint density at radius 1 is 1.62 bits per heavy atom. The van der Waals surface area contributed by atoms with E-state index in [1.165, 1.54) is 18.3 Å². The summed E-state index contributed by atoms with van der Waals surface area (Å²) in [6, 6.07) is 1.46. The minimum absolute atomic E-state index is 0.159. The number of rotatable bonds is 2. The molecule has 0 aromatic carbocycles. The molecule has 1 rings (SSSR count). The third-order valence-corrected chi connectivity index (χ3v) is 1.60. The first kappa shape index (κ1) is 9.25. The van der Waals surface area contributed by atoms with Crippen LogP contribution in [0.4, 0.5) is 0 Å². The number of aromatic nitrogens is 1. The lowest BCUT2D eigenvalue weighted by atomic mass is 10.1. The molecular formula is C9H10N2O2. The van der Waals surface area contributed by atoms with Crippen molar-refractivity contribution in [1.29, 1.82) is 0 Å². The molecule has 0 radical (unpaired) electrons. The summed E-state index contributed by atoms with van der Waals surface area (Å²) >= 11 is 0. The smallest absolute Gasteiger partial charge is 0.248 e. The SMILES string of the molecule is Cc1cc(=O)[nH]cc1C=CC(N)=O. The van der Waals surface area contributed by atoms with E-state index in [-0.39, 0.29) is 5.56 Å². The van der Waals surface area contributed by atoms with E-state index >= 15 is 0 Å².